The summed E-state index contributed by atoms with van der Waals surface area (Å²) in [6.07, 6.45) is 2.19. The first kappa shape index (κ1) is 18.0. The van der Waals surface area contributed by atoms with Crippen molar-refractivity contribution < 1.29 is 19.4 Å². The van der Waals surface area contributed by atoms with Gasteiger partial charge in [-0.15, -0.1) is 0 Å². The van der Waals surface area contributed by atoms with Gasteiger partial charge in [-0.25, -0.2) is 4.79 Å². The predicted octanol–water partition coefficient (Wildman–Crippen LogP) is 2.29. The third-order valence-electron chi connectivity index (χ3n) is 4.98. The van der Waals surface area contributed by atoms with E-state index in [0.717, 1.165) is 32.4 Å². The maximum Gasteiger partial charge on any atom is 0.410 e. The van der Waals surface area contributed by atoms with E-state index in [1.54, 1.807) is 4.90 Å². The maximum atomic E-state index is 12.1. The molecule has 2 unspecified atom stereocenters. The minimum Gasteiger partial charge on any atom is -0.481 e. The van der Waals surface area contributed by atoms with Gasteiger partial charge in [0.15, 0.2) is 0 Å². The molecule has 2 atom stereocenters. The van der Waals surface area contributed by atoms with Crippen molar-refractivity contribution >= 4 is 12.1 Å². The molecular formula is C17H30N2O4. The van der Waals surface area contributed by atoms with Crippen molar-refractivity contribution in [1.29, 1.82) is 0 Å². The Morgan fingerprint density at radius 3 is 2.22 bits per heavy atom. The molecule has 1 amide bonds. The van der Waals surface area contributed by atoms with E-state index in [9.17, 15) is 14.7 Å². The lowest BCUT2D eigenvalue weighted by Crippen LogP contribution is -2.48. The van der Waals surface area contributed by atoms with Gasteiger partial charge in [-0.3, -0.25) is 4.79 Å². The number of amides is 1. The number of carbonyl (C=O) groups is 2. The highest BCUT2D eigenvalue weighted by Gasteiger charge is 2.39. The van der Waals surface area contributed by atoms with Crippen molar-refractivity contribution in [2.45, 2.75) is 45.6 Å². The van der Waals surface area contributed by atoms with E-state index in [2.05, 4.69) is 11.9 Å². The summed E-state index contributed by atoms with van der Waals surface area (Å²) in [4.78, 5) is 27.6. The third-order valence-corrected chi connectivity index (χ3v) is 4.98. The van der Waals surface area contributed by atoms with E-state index >= 15 is 0 Å². The van der Waals surface area contributed by atoms with Gasteiger partial charge in [-0.1, -0.05) is 0 Å². The van der Waals surface area contributed by atoms with Crippen LogP contribution in [0, 0.1) is 17.8 Å². The molecule has 2 fully saturated rings. The van der Waals surface area contributed by atoms with Gasteiger partial charge in [0.2, 0.25) is 0 Å². The summed E-state index contributed by atoms with van der Waals surface area (Å²) in [5, 5.41) is 9.49. The summed E-state index contributed by atoms with van der Waals surface area (Å²) in [5.74, 6) is -0.355. The Hall–Kier alpha value is -1.30. The molecular weight excluding hydrogens is 296 g/mol. The molecule has 23 heavy (non-hydrogen) atoms. The van der Waals surface area contributed by atoms with E-state index in [4.69, 9.17) is 4.74 Å². The van der Waals surface area contributed by atoms with Crippen LogP contribution in [0.1, 0.15) is 40.0 Å². The Morgan fingerprint density at radius 1 is 1.09 bits per heavy atom. The van der Waals surface area contributed by atoms with E-state index in [1.807, 2.05) is 20.8 Å². The minimum atomic E-state index is -0.669. The molecule has 132 valence electrons. The summed E-state index contributed by atoms with van der Waals surface area (Å²) in [5.41, 5.74) is -0.478. The summed E-state index contributed by atoms with van der Waals surface area (Å²) < 4.78 is 5.42. The first-order chi connectivity index (χ1) is 10.7. The van der Waals surface area contributed by atoms with Gasteiger partial charge in [0, 0.05) is 19.6 Å². The van der Waals surface area contributed by atoms with Crippen molar-refractivity contribution in [3.8, 4) is 0 Å². The second-order valence-electron chi connectivity index (χ2n) is 7.96. The average Bonchev–Trinajstić information content (AvgIpc) is 2.45. The molecule has 0 aromatic rings. The van der Waals surface area contributed by atoms with Gasteiger partial charge in [0.05, 0.1) is 5.92 Å². The van der Waals surface area contributed by atoms with Gasteiger partial charge in [-0.05, 0) is 65.5 Å². The molecule has 0 spiro atoms. The van der Waals surface area contributed by atoms with Crippen LogP contribution in [-0.4, -0.2) is 65.8 Å². The maximum absolute atomic E-state index is 12.1. The molecule has 0 bridgehead atoms. The predicted molar refractivity (Wildman–Crippen MR) is 87.3 cm³/mol. The Labute approximate surface area is 138 Å². The van der Waals surface area contributed by atoms with Crippen LogP contribution in [0.25, 0.3) is 0 Å². The van der Waals surface area contributed by atoms with Crippen LogP contribution in [0.4, 0.5) is 4.79 Å². The fourth-order valence-corrected chi connectivity index (χ4v) is 3.77. The van der Waals surface area contributed by atoms with Crippen molar-refractivity contribution in [2.75, 3.05) is 33.2 Å². The van der Waals surface area contributed by atoms with Crippen molar-refractivity contribution in [3.63, 3.8) is 0 Å². The molecule has 6 heteroatoms. The van der Waals surface area contributed by atoms with Gasteiger partial charge in [0.25, 0.3) is 0 Å². The quantitative estimate of drug-likeness (QED) is 0.843. The number of carbonyl (C=O) groups excluding carboxylic acids is 1. The zero-order chi connectivity index (χ0) is 17.2. The third kappa shape index (κ3) is 4.83. The first-order valence-corrected chi connectivity index (χ1v) is 8.56. The zero-order valence-corrected chi connectivity index (χ0v) is 14.7. The van der Waals surface area contributed by atoms with E-state index < -0.39 is 11.6 Å². The smallest absolute Gasteiger partial charge is 0.410 e. The Bertz CT molecular complexity index is 438. The van der Waals surface area contributed by atoms with Gasteiger partial charge in [-0.2, -0.15) is 0 Å². The molecule has 2 heterocycles. The fourth-order valence-electron chi connectivity index (χ4n) is 3.77. The second kappa shape index (κ2) is 7.07. The summed E-state index contributed by atoms with van der Waals surface area (Å²) in [6, 6.07) is 0. The number of piperidine rings is 2. The van der Waals surface area contributed by atoms with Crippen LogP contribution < -0.4 is 0 Å². The number of ether oxygens (including phenoxy) is 1. The largest absolute Gasteiger partial charge is 0.481 e. The molecule has 0 saturated carbocycles. The minimum absolute atomic E-state index is 0.187. The monoisotopic (exact) mass is 326 g/mol. The molecule has 2 saturated heterocycles. The number of likely N-dealkylation sites (tertiary alicyclic amines) is 2. The summed E-state index contributed by atoms with van der Waals surface area (Å²) in [6.45, 7) is 8.61. The van der Waals surface area contributed by atoms with Gasteiger partial charge in [0.1, 0.15) is 5.60 Å². The summed E-state index contributed by atoms with van der Waals surface area (Å²) >= 11 is 0. The highest BCUT2D eigenvalue weighted by molar-refractivity contribution is 5.70. The van der Waals surface area contributed by atoms with E-state index in [-0.39, 0.29) is 17.9 Å². The molecule has 0 radical (unpaired) electrons. The number of rotatable bonds is 2. The van der Waals surface area contributed by atoms with Gasteiger partial charge < -0.3 is 19.6 Å². The number of nitrogens with zero attached hydrogens (tertiary/aromatic N) is 2. The van der Waals surface area contributed by atoms with Crippen LogP contribution >= 0.6 is 0 Å². The standard InChI is InChI=1S/C17H30N2O4/c1-17(2,3)23-16(22)19-9-5-12(6-10-19)14-11-18(4)8-7-13(14)15(20)21/h12-14H,5-11H2,1-4H3,(H,20,21). The second-order valence-corrected chi connectivity index (χ2v) is 7.96. The van der Waals surface area contributed by atoms with Crippen LogP contribution in [0.15, 0.2) is 0 Å². The fraction of sp³-hybridized carbons (Fsp3) is 0.882. The Morgan fingerprint density at radius 2 is 1.70 bits per heavy atom. The number of carboxylic acid groups (broad SMARTS) is 1. The Balaban J connectivity index is 1.92. The van der Waals surface area contributed by atoms with Crippen molar-refractivity contribution in [2.24, 2.45) is 17.8 Å². The number of carboxylic acids is 1. The lowest BCUT2D eigenvalue weighted by molar-refractivity contribution is -0.147. The van der Waals surface area contributed by atoms with Crippen molar-refractivity contribution in [1.82, 2.24) is 9.80 Å². The molecule has 0 aromatic heterocycles. The molecule has 0 aliphatic carbocycles. The van der Waals surface area contributed by atoms with Crippen LogP contribution in [-0.2, 0) is 9.53 Å². The molecule has 1 N–H and O–H groups in total. The highest BCUT2D eigenvalue weighted by Crippen LogP contribution is 2.35. The molecule has 2 aliphatic rings. The number of hydrogen-bond acceptors (Lipinski definition) is 4. The zero-order valence-electron chi connectivity index (χ0n) is 14.7. The van der Waals surface area contributed by atoms with Crippen LogP contribution in [0.2, 0.25) is 0 Å². The number of hydrogen-bond donors (Lipinski definition) is 1. The lowest BCUT2D eigenvalue weighted by atomic mass is 9.73. The molecule has 0 aromatic carbocycles. The molecule has 2 aliphatic heterocycles. The van der Waals surface area contributed by atoms with Crippen molar-refractivity contribution in [3.05, 3.63) is 0 Å². The highest BCUT2D eigenvalue weighted by atomic mass is 16.6. The number of aliphatic carboxylic acids is 1. The molecule has 6 nitrogen and oxygen atoms in total. The van der Waals surface area contributed by atoms with Crippen LogP contribution in [0.3, 0.4) is 0 Å². The Kier molecular flexibility index (Phi) is 5.55. The lowest BCUT2D eigenvalue weighted by Gasteiger charge is -2.42. The topological polar surface area (TPSA) is 70.1 Å². The van der Waals surface area contributed by atoms with E-state index in [1.165, 1.54) is 0 Å². The van der Waals surface area contributed by atoms with Crippen LogP contribution in [0.5, 0.6) is 0 Å². The van der Waals surface area contributed by atoms with Gasteiger partial charge >= 0.3 is 12.1 Å². The molecule has 2 rings (SSSR count). The van der Waals surface area contributed by atoms with E-state index in [0.29, 0.717) is 19.0 Å². The summed E-state index contributed by atoms with van der Waals surface area (Å²) in [7, 11) is 2.06. The average molecular weight is 326 g/mol. The SMILES string of the molecule is CN1CCC(C(=O)O)C(C2CCN(C(=O)OC(C)(C)C)CC2)C1. The normalized spacial score (nSPS) is 27.7. The first-order valence-electron chi connectivity index (χ1n) is 8.56.